The van der Waals surface area contributed by atoms with E-state index in [0.29, 0.717) is 13.0 Å². The van der Waals surface area contributed by atoms with Crippen molar-refractivity contribution in [3.63, 3.8) is 0 Å². The van der Waals surface area contributed by atoms with Gasteiger partial charge in [0.2, 0.25) is 0 Å². The van der Waals surface area contributed by atoms with Crippen LogP contribution in [0.3, 0.4) is 0 Å². The lowest BCUT2D eigenvalue weighted by Crippen LogP contribution is -2.30. The second-order valence-electron chi connectivity index (χ2n) is 6.78. The molecule has 0 spiro atoms. The summed E-state index contributed by atoms with van der Waals surface area (Å²) in [6, 6.07) is -0.0303. The smallest absolute Gasteiger partial charge is 0.0614 e. The summed E-state index contributed by atoms with van der Waals surface area (Å²) >= 11 is 0. The lowest BCUT2D eigenvalue weighted by atomic mass is 10.0. The molecule has 0 fully saturated rings. The predicted octanol–water partition coefficient (Wildman–Crippen LogP) is 4.80. The molecule has 0 aliphatic rings. The van der Waals surface area contributed by atoms with Crippen LogP contribution in [0, 0.1) is 0 Å². The molecular formula is C19H41NO2. The normalized spacial score (nSPS) is 14.2. The van der Waals surface area contributed by atoms with Crippen molar-refractivity contribution in [3.8, 4) is 0 Å². The van der Waals surface area contributed by atoms with Crippen LogP contribution in [-0.4, -0.2) is 31.0 Å². The second kappa shape index (κ2) is 17.2. The maximum absolute atomic E-state index is 9.87. The quantitative estimate of drug-likeness (QED) is 0.379. The largest absolute Gasteiger partial charge is 0.393 e. The molecule has 0 aromatic carbocycles. The van der Waals surface area contributed by atoms with Gasteiger partial charge in [0.25, 0.3) is 0 Å². The maximum atomic E-state index is 9.87. The Morgan fingerprint density at radius 1 is 0.818 bits per heavy atom. The van der Waals surface area contributed by atoms with E-state index in [1.54, 1.807) is 7.11 Å². The van der Waals surface area contributed by atoms with Gasteiger partial charge in [-0.1, -0.05) is 84.0 Å². The number of hydrogen-bond acceptors (Lipinski definition) is 3. The number of unbranched alkanes of at least 4 members (excludes halogenated alkanes) is 11. The second-order valence-corrected chi connectivity index (χ2v) is 6.78. The zero-order valence-corrected chi connectivity index (χ0v) is 15.2. The van der Waals surface area contributed by atoms with E-state index in [0.717, 1.165) is 12.8 Å². The zero-order valence-electron chi connectivity index (χ0n) is 15.2. The molecule has 0 radical (unpaired) electrons. The minimum Gasteiger partial charge on any atom is -0.393 e. The molecule has 3 nitrogen and oxygen atoms in total. The SMILES string of the molecule is CCCCCCCCCCCCCC[C@@H](O)C[C@@H](N)COC. The first-order valence-corrected chi connectivity index (χ1v) is 9.63. The molecule has 0 aromatic rings. The molecule has 0 aliphatic carbocycles. The maximum Gasteiger partial charge on any atom is 0.0614 e. The Morgan fingerprint density at radius 3 is 1.73 bits per heavy atom. The molecule has 22 heavy (non-hydrogen) atoms. The summed E-state index contributed by atoms with van der Waals surface area (Å²) in [4.78, 5) is 0. The van der Waals surface area contributed by atoms with Gasteiger partial charge < -0.3 is 15.6 Å². The van der Waals surface area contributed by atoms with E-state index in [1.165, 1.54) is 70.6 Å². The van der Waals surface area contributed by atoms with Gasteiger partial charge >= 0.3 is 0 Å². The van der Waals surface area contributed by atoms with E-state index in [1.807, 2.05) is 0 Å². The molecular weight excluding hydrogens is 274 g/mol. The van der Waals surface area contributed by atoms with Crippen LogP contribution in [0.4, 0.5) is 0 Å². The highest BCUT2D eigenvalue weighted by Crippen LogP contribution is 2.13. The van der Waals surface area contributed by atoms with Gasteiger partial charge in [-0.25, -0.2) is 0 Å². The molecule has 0 aromatic heterocycles. The Labute approximate surface area is 139 Å². The van der Waals surface area contributed by atoms with Crippen LogP contribution in [-0.2, 0) is 4.74 Å². The average Bonchev–Trinajstić information content (AvgIpc) is 2.48. The van der Waals surface area contributed by atoms with Crippen molar-refractivity contribution < 1.29 is 9.84 Å². The van der Waals surface area contributed by atoms with Crippen molar-refractivity contribution in [2.24, 2.45) is 5.73 Å². The van der Waals surface area contributed by atoms with Crippen LogP contribution in [0.1, 0.15) is 96.8 Å². The molecule has 3 heteroatoms. The van der Waals surface area contributed by atoms with Crippen molar-refractivity contribution >= 4 is 0 Å². The van der Waals surface area contributed by atoms with Crippen molar-refractivity contribution in [2.75, 3.05) is 13.7 Å². The van der Waals surface area contributed by atoms with E-state index in [2.05, 4.69) is 6.92 Å². The van der Waals surface area contributed by atoms with E-state index in [-0.39, 0.29) is 12.1 Å². The van der Waals surface area contributed by atoms with Crippen molar-refractivity contribution in [1.82, 2.24) is 0 Å². The number of hydrogen-bond donors (Lipinski definition) is 2. The van der Waals surface area contributed by atoms with E-state index < -0.39 is 0 Å². The Hall–Kier alpha value is -0.120. The summed E-state index contributed by atoms with van der Waals surface area (Å²) in [6.45, 7) is 2.81. The number of methoxy groups -OCH3 is 1. The van der Waals surface area contributed by atoms with Crippen LogP contribution >= 0.6 is 0 Å². The average molecular weight is 316 g/mol. The first-order chi connectivity index (χ1) is 10.7. The molecule has 0 amide bonds. The summed E-state index contributed by atoms with van der Waals surface area (Å²) in [5, 5.41) is 9.87. The molecule has 0 rings (SSSR count). The van der Waals surface area contributed by atoms with Gasteiger partial charge in [0, 0.05) is 13.2 Å². The fraction of sp³-hybridized carbons (Fsp3) is 1.00. The predicted molar refractivity (Wildman–Crippen MR) is 96.2 cm³/mol. The van der Waals surface area contributed by atoms with Crippen LogP contribution in [0.5, 0.6) is 0 Å². The van der Waals surface area contributed by atoms with Crippen molar-refractivity contribution in [3.05, 3.63) is 0 Å². The third-order valence-electron chi connectivity index (χ3n) is 4.35. The topological polar surface area (TPSA) is 55.5 Å². The first-order valence-electron chi connectivity index (χ1n) is 9.63. The summed E-state index contributed by atoms with van der Waals surface area (Å²) in [6.07, 6.45) is 17.5. The number of aliphatic hydroxyl groups is 1. The number of rotatable bonds is 17. The molecule has 0 heterocycles. The highest BCUT2D eigenvalue weighted by Gasteiger charge is 2.10. The van der Waals surface area contributed by atoms with Crippen LogP contribution < -0.4 is 5.73 Å². The Morgan fingerprint density at radius 2 is 1.27 bits per heavy atom. The minimum atomic E-state index is -0.256. The molecule has 0 unspecified atom stereocenters. The Balaban J connectivity index is 3.16. The molecule has 2 atom stereocenters. The fourth-order valence-corrected chi connectivity index (χ4v) is 2.97. The zero-order chi connectivity index (χ0) is 16.5. The number of aliphatic hydroxyl groups excluding tert-OH is 1. The molecule has 0 saturated carbocycles. The lowest BCUT2D eigenvalue weighted by molar-refractivity contribution is 0.113. The molecule has 3 N–H and O–H groups in total. The van der Waals surface area contributed by atoms with Crippen LogP contribution in [0.25, 0.3) is 0 Å². The van der Waals surface area contributed by atoms with Gasteiger partial charge in [-0.2, -0.15) is 0 Å². The summed E-state index contributed by atoms with van der Waals surface area (Å²) in [5.41, 5.74) is 5.84. The van der Waals surface area contributed by atoms with Gasteiger partial charge in [-0.05, 0) is 12.8 Å². The third kappa shape index (κ3) is 16.3. The Bertz CT molecular complexity index is 212. The number of ether oxygens (including phenoxy) is 1. The van der Waals surface area contributed by atoms with Gasteiger partial charge in [0.05, 0.1) is 12.7 Å². The van der Waals surface area contributed by atoms with Gasteiger partial charge in [0.15, 0.2) is 0 Å². The standard InChI is InChI=1S/C19H41NO2/c1-3-4-5-6-7-8-9-10-11-12-13-14-15-19(21)16-18(20)17-22-2/h18-19,21H,3-17,20H2,1-2H3/t18-,19-/m1/s1. The van der Waals surface area contributed by atoms with E-state index in [9.17, 15) is 5.11 Å². The highest BCUT2D eigenvalue weighted by atomic mass is 16.5. The lowest BCUT2D eigenvalue weighted by Gasteiger charge is -2.15. The fourth-order valence-electron chi connectivity index (χ4n) is 2.97. The monoisotopic (exact) mass is 315 g/mol. The molecule has 0 saturated heterocycles. The third-order valence-corrected chi connectivity index (χ3v) is 4.35. The number of nitrogens with two attached hydrogens (primary N) is 1. The summed E-state index contributed by atoms with van der Waals surface area (Å²) < 4.78 is 4.99. The van der Waals surface area contributed by atoms with Gasteiger partial charge in [0.1, 0.15) is 0 Å². The summed E-state index contributed by atoms with van der Waals surface area (Å²) in [7, 11) is 1.65. The highest BCUT2D eigenvalue weighted by molar-refractivity contribution is 4.66. The Kier molecular flexibility index (Phi) is 17.1. The van der Waals surface area contributed by atoms with E-state index >= 15 is 0 Å². The minimum absolute atomic E-state index is 0.0303. The summed E-state index contributed by atoms with van der Waals surface area (Å²) in [5.74, 6) is 0. The molecule has 0 aliphatic heterocycles. The van der Waals surface area contributed by atoms with Gasteiger partial charge in [-0.3, -0.25) is 0 Å². The van der Waals surface area contributed by atoms with E-state index in [4.69, 9.17) is 10.5 Å². The van der Waals surface area contributed by atoms with Crippen LogP contribution in [0.15, 0.2) is 0 Å². The first kappa shape index (κ1) is 21.9. The van der Waals surface area contributed by atoms with Crippen molar-refractivity contribution in [2.45, 2.75) is 109 Å². The molecule has 134 valence electrons. The molecule has 0 bridgehead atoms. The van der Waals surface area contributed by atoms with Gasteiger partial charge in [-0.15, -0.1) is 0 Å². The van der Waals surface area contributed by atoms with Crippen LogP contribution in [0.2, 0.25) is 0 Å². The van der Waals surface area contributed by atoms with Crippen molar-refractivity contribution in [1.29, 1.82) is 0 Å².